The highest BCUT2D eigenvalue weighted by atomic mass is 32.1. The van der Waals surface area contributed by atoms with Gasteiger partial charge in [-0.25, -0.2) is 9.37 Å². The Bertz CT molecular complexity index is 1460. The number of anilines is 2. The molecule has 0 radical (unpaired) electrons. The second kappa shape index (κ2) is 9.76. The van der Waals surface area contributed by atoms with Crippen molar-refractivity contribution >= 4 is 40.8 Å². The second-order valence-corrected chi connectivity index (χ2v) is 9.02. The summed E-state index contributed by atoms with van der Waals surface area (Å²) < 4.78 is 66.4. The number of halogens is 4. The highest BCUT2D eigenvalue weighted by molar-refractivity contribution is 7.81. The Morgan fingerprint density at radius 2 is 1.95 bits per heavy atom. The number of hydrogen-bond acceptors (Lipinski definition) is 10. The van der Waals surface area contributed by atoms with Crippen LogP contribution in [0.15, 0.2) is 24.4 Å². The molecule has 38 heavy (non-hydrogen) atoms. The van der Waals surface area contributed by atoms with Crippen LogP contribution in [-0.4, -0.2) is 57.3 Å². The standard InChI is InChI=1S/C23H20F4N6O4S/c1-22(2)19(35)32(12-7-14(23(25,26)27)16(9-28)29-10-12)21(38)33(22)11-6-13-17(15(24)8-11)30-20(36-3)31-18(13)37-5-4-34/h6-8,10,21,34,38H,4-5H2,1-3H3. The molecule has 1 unspecified atom stereocenters. The number of ether oxygens (including phenoxy) is 2. The third-order valence-electron chi connectivity index (χ3n) is 5.84. The van der Waals surface area contributed by atoms with Gasteiger partial charge in [-0.3, -0.25) is 9.69 Å². The molecule has 3 heterocycles. The van der Waals surface area contributed by atoms with Crippen LogP contribution in [0.5, 0.6) is 11.9 Å². The molecule has 1 atom stereocenters. The fraction of sp³-hybridized carbons (Fsp3) is 0.348. The largest absolute Gasteiger partial charge is 0.475 e. The average molecular weight is 553 g/mol. The smallest absolute Gasteiger partial charge is 0.419 e. The van der Waals surface area contributed by atoms with Gasteiger partial charge in [0.2, 0.25) is 5.88 Å². The van der Waals surface area contributed by atoms with Gasteiger partial charge in [0.15, 0.2) is 17.0 Å². The summed E-state index contributed by atoms with van der Waals surface area (Å²) in [6, 6.07) is 4.38. The number of alkyl halides is 3. The fourth-order valence-corrected chi connectivity index (χ4v) is 4.78. The molecular weight excluding hydrogens is 532 g/mol. The van der Waals surface area contributed by atoms with E-state index in [-0.39, 0.29) is 47.4 Å². The predicted octanol–water partition coefficient (Wildman–Crippen LogP) is 3.28. The zero-order chi connectivity index (χ0) is 28.0. The molecule has 0 saturated carbocycles. The Kier molecular flexibility index (Phi) is 6.97. The van der Waals surface area contributed by atoms with Gasteiger partial charge in [0.25, 0.3) is 5.91 Å². The van der Waals surface area contributed by atoms with Crippen molar-refractivity contribution in [2.45, 2.75) is 31.1 Å². The summed E-state index contributed by atoms with van der Waals surface area (Å²) in [5.74, 6) is -1.57. The van der Waals surface area contributed by atoms with Crippen molar-refractivity contribution in [2.75, 3.05) is 30.1 Å². The number of aliphatic hydroxyl groups excluding tert-OH is 1. The van der Waals surface area contributed by atoms with Crippen molar-refractivity contribution in [3.05, 3.63) is 41.5 Å². The van der Waals surface area contributed by atoms with E-state index in [1.165, 1.54) is 38.0 Å². The predicted molar refractivity (Wildman–Crippen MR) is 129 cm³/mol. The first kappa shape index (κ1) is 27.1. The zero-order valence-electron chi connectivity index (χ0n) is 20.1. The molecule has 1 N–H and O–H groups in total. The molecule has 1 fully saturated rings. The molecule has 1 aromatic carbocycles. The third-order valence-corrected chi connectivity index (χ3v) is 6.30. The molecule has 15 heteroatoms. The Morgan fingerprint density at radius 3 is 2.55 bits per heavy atom. The molecule has 0 bridgehead atoms. The summed E-state index contributed by atoms with van der Waals surface area (Å²) >= 11 is 4.49. The van der Waals surface area contributed by atoms with Crippen molar-refractivity contribution in [3.63, 3.8) is 0 Å². The number of hydrogen-bond donors (Lipinski definition) is 2. The number of fused-ring (bicyclic) bond motifs is 1. The van der Waals surface area contributed by atoms with Gasteiger partial charge in [0, 0.05) is 5.69 Å². The third kappa shape index (κ3) is 4.50. The molecule has 1 aliphatic rings. The number of benzene rings is 1. The summed E-state index contributed by atoms with van der Waals surface area (Å²) in [7, 11) is 1.28. The van der Waals surface area contributed by atoms with Gasteiger partial charge >= 0.3 is 12.2 Å². The molecule has 0 aliphatic carbocycles. The molecule has 1 aliphatic heterocycles. The van der Waals surface area contributed by atoms with E-state index in [1.54, 1.807) is 0 Å². The van der Waals surface area contributed by atoms with E-state index in [1.807, 2.05) is 0 Å². The number of carbonyl (C=O) groups excluding carboxylic acids is 1. The van der Waals surface area contributed by atoms with E-state index >= 15 is 4.39 Å². The molecular formula is C23H20F4N6O4S. The molecule has 0 spiro atoms. The van der Waals surface area contributed by atoms with Gasteiger partial charge in [-0.2, -0.15) is 28.4 Å². The number of rotatable bonds is 6. The minimum absolute atomic E-state index is 0.0934. The van der Waals surface area contributed by atoms with Crippen molar-refractivity contribution < 1.29 is 36.9 Å². The van der Waals surface area contributed by atoms with E-state index in [2.05, 4.69) is 27.6 Å². The van der Waals surface area contributed by atoms with Gasteiger partial charge in [-0.05, 0) is 32.0 Å². The highest BCUT2D eigenvalue weighted by Crippen LogP contribution is 2.43. The fourth-order valence-electron chi connectivity index (χ4n) is 4.12. The lowest BCUT2D eigenvalue weighted by atomic mass is 10.0. The van der Waals surface area contributed by atoms with Gasteiger partial charge in [-0.15, -0.1) is 12.6 Å². The van der Waals surface area contributed by atoms with Crippen LogP contribution < -0.4 is 19.3 Å². The Hall–Kier alpha value is -3.90. The summed E-state index contributed by atoms with van der Waals surface area (Å²) in [5.41, 5.74) is -5.06. The molecule has 2 aromatic heterocycles. The number of amides is 1. The van der Waals surface area contributed by atoms with Crippen LogP contribution in [0.1, 0.15) is 25.1 Å². The van der Waals surface area contributed by atoms with Crippen LogP contribution in [0.25, 0.3) is 10.9 Å². The molecule has 3 aromatic rings. The summed E-state index contributed by atoms with van der Waals surface area (Å²) in [6.45, 7) is 2.48. The van der Waals surface area contributed by atoms with Crippen LogP contribution in [0, 0.1) is 17.1 Å². The van der Waals surface area contributed by atoms with Crippen LogP contribution in [-0.2, 0) is 11.0 Å². The molecule has 10 nitrogen and oxygen atoms in total. The Balaban J connectivity index is 1.85. The van der Waals surface area contributed by atoms with E-state index in [4.69, 9.17) is 19.8 Å². The van der Waals surface area contributed by atoms with E-state index < -0.39 is 40.2 Å². The van der Waals surface area contributed by atoms with Crippen molar-refractivity contribution in [3.8, 4) is 18.0 Å². The van der Waals surface area contributed by atoms with Crippen molar-refractivity contribution in [2.24, 2.45) is 0 Å². The molecule has 4 rings (SSSR count). The summed E-state index contributed by atoms with van der Waals surface area (Å²) in [6.07, 6.45) is -3.93. The maximum absolute atomic E-state index is 15.3. The number of carbonyl (C=O) groups is 1. The number of thiol groups is 1. The number of pyridine rings is 1. The zero-order valence-corrected chi connectivity index (χ0v) is 21.0. The number of nitrogens with zero attached hydrogens (tertiary/aromatic N) is 6. The lowest BCUT2D eigenvalue weighted by Crippen LogP contribution is -2.45. The average Bonchev–Trinajstić information content (AvgIpc) is 3.04. The molecule has 200 valence electrons. The van der Waals surface area contributed by atoms with Gasteiger partial charge < -0.3 is 19.5 Å². The van der Waals surface area contributed by atoms with Crippen LogP contribution in [0.4, 0.5) is 28.9 Å². The van der Waals surface area contributed by atoms with E-state index in [0.717, 1.165) is 17.2 Å². The Morgan fingerprint density at radius 1 is 1.24 bits per heavy atom. The Labute approximate surface area is 218 Å². The minimum Gasteiger partial charge on any atom is -0.475 e. The lowest BCUT2D eigenvalue weighted by molar-refractivity contribution is -0.138. The van der Waals surface area contributed by atoms with Crippen molar-refractivity contribution in [1.82, 2.24) is 15.0 Å². The van der Waals surface area contributed by atoms with E-state index in [0.29, 0.717) is 6.07 Å². The quantitative estimate of drug-likeness (QED) is 0.350. The maximum Gasteiger partial charge on any atom is 0.419 e. The summed E-state index contributed by atoms with van der Waals surface area (Å²) in [5, 5.41) is 18.3. The van der Waals surface area contributed by atoms with Crippen LogP contribution in [0.3, 0.4) is 0 Å². The molecule has 1 amide bonds. The first-order chi connectivity index (χ1) is 17.8. The number of aromatic nitrogens is 3. The van der Waals surface area contributed by atoms with Crippen LogP contribution >= 0.6 is 12.6 Å². The number of methoxy groups -OCH3 is 1. The number of aliphatic hydroxyl groups is 1. The highest BCUT2D eigenvalue weighted by Gasteiger charge is 2.52. The van der Waals surface area contributed by atoms with Gasteiger partial charge in [-0.1, -0.05) is 0 Å². The number of nitriles is 1. The van der Waals surface area contributed by atoms with Gasteiger partial charge in [0.1, 0.15) is 23.7 Å². The monoisotopic (exact) mass is 552 g/mol. The maximum atomic E-state index is 15.3. The lowest BCUT2D eigenvalue weighted by Gasteiger charge is -2.33. The van der Waals surface area contributed by atoms with Crippen LogP contribution in [0.2, 0.25) is 0 Å². The van der Waals surface area contributed by atoms with Gasteiger partial charge in [0.05, 0.1) is 36.6 Å². The van der Waals surface area contributed by atoms with E-state index in [9.17, 15) is 18.0 Å². The first-order valence-electron chi connectivity index (χ1n) is 10.9. The second-order valence-electron chi connectivity index (χ2n) is 8.56. The topological polar surface area (TPSA) is 125 Å². The molecule has 1 saturated heterocycles. The first-order valence-corrected chi connectivity index (χ1v) is 11.4. The van der Waals surface area contributed by atoms with Crippen molar-refractivity contribution in [1.29, 1.82) is 5.26 Å². The normalized spacial score (nSPS) is 17.2. The minimum atomic E-state index is -4.90. The SMILES string of the molecule is COc1nc(OCCO)c2cc(N3C(S)N(c4cnc(C#N)c(C(F)(F)F)c4)C(=O)C3(C)C)cc(F)c2n1. The summed E-state index contributed by atoms with van der Waals surface area (Å²) in [4.78, 5) is 27.5.